The molecular formula is C6H5N3O. The third-order valence-corrected chi connectivity index (χ3v) is 1.39. The predicted octanol–water partition coefficient (Wildman–Crippen LogP) is 2.19. The van der Waals surface area contributed by atoms with Crippen molar-refractivity contribution in [2.45, 2.75) is 0 Å². The molecule has 2 rings (SSSR count). The quantitative estimate of drug-likeness (QED) is 0.598. The molecule has 2 heterocycles. The molecule has 0 unspecified atom stereocenters. The van der Waals surface area contributed by atoms with Crippen molar-refractivity contribution < 1.29 is 4.52 Å². The summed E-state index contributed by atoms with van der Waals surface area (Å²) >= 11 is 0. The minimum absolute atomic E-state index is 0.633. The Morgan fingerprint density at radius 1 is 1.50 bits per heavy atom. The van der Waals surface area contributed by atoms with E-state index in [2.05, 4.69) is 5.11 Å². The molecule has 1 N–H and O–H groups in total. The highest BCUT2D eigenvalue weighted by molar-refractivity contribution is 5.67. The summed E-state index contributed by atoms with van der Waals surface area (Å²) in [7, 11) is 0. The van der Waals surface area contributed by atoms with Crippen LogP contribution in [0.3, 0.4) is 0 Å². The van der Waals surface area contributed by atoms with Gasteiger partial charge in [-0.1, -0.05) is 0 Å². The van der Waals surface area contributed by atoms with Gasteiger partial charge in [0.05, 0.1) is 0 Å². The van der Waals surface area contributed by atoms with Gasteiger partial charge in [0, 0.05) is 12.3 Å². The summed E-state index contributed by atoms with van der Waals surface area (Å²) < 4.78 is 6.54. The molecule has 10 heavy (non-hydrogen) atoms. The van der Waals surface area contributed by atoms with Crippen molar-refractivity contribution in [3.05, 3.63) is 24.6 Å². The molecule has 2 aromatic heterocycles. The zero-order valence-electron chi connectivity index (χ0n) is 5.11. The van der Waals surface area contributed by atoms with Crippen molar-refractivity contribution in [2.24, 2.45) is 5.11 Å². The van der Waals surface area contributed by atoms with Crippen LogP contribution in [-0.4, -0.2) is 4.57 Å². The summed E-state index contributed by atoms with van der Waals surface area (Å²) in [6.07, 6.45) is 3.28. The maximum Gasteiger partial charge on any atom is 0.122 e. The van der Waals surface area contributed by atoms with E-state index in [9.17, 15) is 0 Å². The molecule has 0 radical (unpaired) electrons. The first-order valence-electron chi connectivity index (χ1n) is 2.84. The lowest BCUT2D eigenvalue weighted by Crippen LogP contribution is -1.66. The maximum atomic E-state index is 6.75. The second-order valence-electron chi connectivity index (χ2n) is 1.93. The van der Waals surface area contributed by atoms with Gasteiger partial charge in [-0.05, 0) is 6.07 Å². The summed E-state index contributed by atoms with van der Waals surface area (Å²) in [5, 5.41) is 3.30. The van der Waals surface area contributed by atoms with Crippen LogP contribution in [0.25, 0.3) is 5.52 Å². The normalized spacial score (nSPS) is 10.4. The lowest BCUT2D eigenvalue weighted by atomic mass is 10.4. The average molecular weight is 135 g/mol. The molecule has 0 saturated carbocycles. The van der Waals surface area contributed by atoms with Crippen molar-refractivity contribution in [3.63, 3.8) is 0 Å². The summed E-state index contributed by atoms with van der Waals surface area (Å²) in [6, 6.07) is 3.50. The number of hydrogen-bond donors (Lipinski definition) is 1. The van der Waals surface area contributed by atoms with E-state index >= 15 is 0 Å². The number of aromatic nitrogens is 1. The summed E-state index contributed by atoms with van der Waals surface area (Å²) in [4.78, 5) is 0. The molecule has 50 valence electrons. The van der Waals surface area contributed by atoms with Gasteiger partial charge in [0.25, 0.3) is 0 Å². The Hall–Kier alpha value is -1.58. The van der Waals surface area contributed by atoms with Gasteiger partial charge < -0.3 is 4.52 Å². The van der Waals surface area contributed by atoms with Crippen LogP contribution in [-0.2, 0) is 0 Å². The van der Waals surface area contributed by atoms with E-state index in [4.69, 9.17) is 10.1 Å². The zero-order valence-corrected chi connectivity index (χ0v) is 5.11. The smallest absolute Gasteiger partial charge is 0.122 e. The predicted molar refractivity (Wildman–Crippen MR) is 34.5 cm³/mol. The van der Waals surface area contributed by atoms with Gasteiger partial charge in [-0.15, -0.1) is 0 Å². The highest BCUT2D eigenvalue weighted by atomic mass is 16.5. The highest BCUT2D eigenvalue weighted by Gasteiger charge is 2.00. The first-order valence-corrected chi connectivity index (χ1v) is 2.84. The lowest BCUT2D eigenvalue weighted by Gasteiger charge is -1.78. The molecule has 0 aliphatic heterocycles. The molecule has 0 aliphatic rings. The van der Waals surface area contributed by atoms with Crippen LogP contribution in [0.5, 0.6) is 0 Å². The van der Waals surface area contributed by atoms with Crippen molar-refractivity contribution in [1.29, 1.82) is 5.53 Å². The Kier molecular flexibility index (Phi) is 0.887. The van der Waals surface area contributed by atoms with Crippen LogP contribution in [0.2, 0.25) is 0 Å². The number of nitrogens with zero attached hydrogens (tertiary/aromatic N) is 2. The van der Waals surface area contributed by atoms with Crippen molar-refractivity contribution in [3.8, 4) is 0 Å². The first kappa shape index (κ1) is 5.22. The SMILES string of the molecule is N=Nc1ccn2occc12. The summed E-state index contributed by atoms with van der Waals surface area (Å²) in [6.45, 7) is 0. The molecule has 0 saturated heterocycles. The monoisotopic (exact) mass is 135 g/mol. The van der Waals surface area contributed by atoms with E-state index in [1.807, 2.05) is 0 Å². The van der Waals surface area contributed by atoms with Gasteiger partial charge in [0.2, 0.25) is 0 Å². The maximum absolute atomic E-state index is 6.75. The van der Waals surface area contributed by atoms with Gasteiger partial charge in [-0.3, -0.25) is 0 Å². The molecule has 0 aromatic carbocycles. The topological polar surface area (TPSA) is 53.8 Å². The Labute approximate surface area is 56.5 Å². The van der Waals surface area contributed by atoms with Crippen molar-refractivity contribution >= 4 is 11.2 Å². The third kappa shape index (κ3) is 0.500. The molecular weight excluding hydrogens is 130 g/mol. The fourth-order valence-corrected chi connectivity index (χ4v) is 0.923. The molecule has 0 amide bonds. The lowest BCUT2D eigenvalue weighted by molar-refractivity contribution is 0.378. The Bertz CT molecular complexity index is 360. The second-order valence-corrected chi connectivity index (χ2v) is 1.93. The third-order valence-electron chi connectivity index (χ3n) is 1.39. The number of rotatable bonds is 1. The van der Waals surface area contributed by atoms with Crippen LogP contribution in [0.4, 0.5) is 5.69 Å². The van der Waals surface area contributed by atoms with E-state index in [1.165, 1.54) is 0 Å². The van der Waals surface area contributed by atoms with Gasteiger partial charge in [-0.2, -0.15) is 9.69 Å². The minimum atomic E-state index is 0.633. The van der Waals surface area contributed by atoms with Crippen LogP contribution in [0.1, 0.15) is 0 Å². The molecule has 0 atom stereocenters. The molecule has 0 fully saturated rings. The van der Waals surface area contributed by atoms with Crippen LogP contribution < -0.4 is 0 Å². The Morgan fingerprint density at radius 2 is 2.40 bits per heavy atom. The highest BCUT2D eigenvalue weighted by Crippen LogP contribution is 2.20. The average Bonchev–Trinajstić information content (AvgIpc) is 2.44. The molecule has 2 aromatic rings. The number of fused-ring (bicyclic) bond motifs is 1. The van der Waals surface area contributed by atoms with Crippen molar-refractivity contribution in [2.75, 3.05) is 0 Å². The van der Waals surface area contributed by atoms with E-state index < -0.39 is 0 Å². The summed E-state index contributed by atoms with van der Waals surface area (Å²) in [5.74, 6) is 0. The van der Waals surface area contributed by atoms with Crippen LogP contribution >= 0.6 is 0 Å². The Morgan fingerprint density at radius 3 is 3.20 bits per heavy atom. The fraction of sp³-hybridized carbons (Fsp3) is 0. The number of nitrogens with one attached hydrogen (secondary N) is 1. The second kappa shape index (κ2) is 1.70. The van der Waals surface area contributed by atoms with E-state index in [0.29, 0.717) is 5.69 Å². The van der Waals surface area contributed by atoms with Gasteiger partial charge >= 0.3 is 0 Å². The van der Waals surface area contributed by atoms with Gasteiger partial charge in [0.15, 0.2) is 0 Å². The molecule has 4 heteroatoms. The van der Waals surface area contributed by atoms with Crippen LogP contribution in [0.15, 0.2) is 34.2 Å². The van der Waals surface area contributed by atoms with E-state index in [0.717, 1.165) is 5.52 Å². The van der Waals surface area contributed by atoms with Crippen molar-refractivity contribution in [1.82, 2.24) is 4.57 Å². The largest absolute Gasteiger partial charge is 0.383 e. The fourth-order valence-electron chi connectivity index (χ4n) is 0.923. The number of hydrogen-bond acceptors (Lipinski definition) is 3. The van der Waals surface area contributed by atoms with Gasteiger partial charge in [-0.25, -0.2) is 5.53 Å². The van der Waals surface area contributed by atoms with Gasteiger partial charge in [0.1, 0.15) is 17.5 Å². The Balaban J connectivity index is 2.88. The summed E-state index contributed by atoms with van der Waals surface area (Å²) in [5.41, 5.74) is 8.21. The van der Waals surface area contributed by atoms with E-state index in [1.54, 1.807) is 29.2 Å². The standard InChI is InChI=1S/C6H5N3O/c7-8-5-1-3-9-6(5)2-4-10-9/h1-4,7H. The molecule has 0 aliphatic carbocycles. The first-order chi connectivity index (χ1) is 4.92. The molecule has 4 nitrogen and oxygen atoms in total. The minimum Gasteiger partial charge on any atom is -0.383 e. The zero-order chi connectivity index (χ0) is 6.97. The van der Waals surface area contributed by atoms with E-state index in [-0.39, 0.29) is 0 Å². The molecule has 0 spiro atoms. The molecule has 0 bridgehead atoms. The van der Waals surface area contributed by atoms with Crippen LogP contribution in [0, 0.1) is 5.53 Å².